The van der Waals surface area contributed by atoms with Crippen molar-refractivity contribution in [1.82, 2.24) is 4.90 Å². The molecule has 1 rings (SSSR count). The molecule has 2 atom stereocenters. The number of ether oxygens (including phenoxy) is 1. The quantitative estimate of drug-likeness (QED) is 0.637. The van der Waals surface area contributed by atoms with E-state index in [9.17, 15) is 4.79 Å². The molecule has 16 heavy (non-hydrogen) atoms. The lowest BCUT2D eigenvalue weighted by atomic mass is 10.2. The van der Waals surface area contributed by atoms with Crippen LogP contribution in [0.4, 0.5) is 0 Å². The molecule has 1 aliphatic rings. The van der Waals surface area contributed by atoms with E-state index in [-0.39, 0.29) is 6.10 Å². The van der Waals surface area contributed by atoms with Gasteiger partial charge in [0.15, 0.2) is 0 Å². The van der Waals surface area contributed by atoms with Crippen molar-refractivity contribution in [1.29, 1.82) is 0 Å². The van der Waals surface area contributed by atoms with Gasteiger partial charge in [0.1, 0.15) is 6.04 Å². The van der Waals surface area contributed by atoms with Crippen molar-refractivity contribution < 1.29 is 14.6 Å². The minimum absolute atomic E-state index is 0.268. The molecule has 0 aromatic carbocycles. The maximum Gasteiger partial charge on any atom is 0.320 e. The fourth-order valence-corrected chi connectivity index (χ4v) is 2.57. The highest BCUT2D eigenvalue weighted by atomic mass is 32.2. The second-order valence-corrected chi connectivity index (χ2v) is 5.21. The Hall–Kier alpha value is -0.300. The van der Waals surface area contributed by atoms with E-state index in [4.69, 9.17) is 15.6 Å². The van der Waals surface area contributed by atoms with E-state index in [2.05, 4.69) is 11.9 Å². The van der Waals surface area contributed by atoms with Gasteiger partial charge in [-0.2, -0.15) is 11.8 Å². The lowest BCUT2D eigenvalue weighted by Gasteiger charge is -2.29. The molecule has 6 heteroatoms. The van der Waals surface area contributed by atoms with Crippen LogP contribution < -0.4 is 5.73 Å². The molecule has 1 fully saturated rings. The number of hydrogen-bond acceptors (Lipinski definition) is 5. The molecule has 0 aromatic rings. The van der Waals surface area contributed by atoms with Gasteiger partial charge in [0.05, 0.1) is 12.7 Å². The van der Waals surface area contributed by atoms with Crippen molar-refractivity contribution in [3.8, 4) is 0 Å². The third kappa shape index (κ3) is 5.16. The number of likely N-dealkylation sites (N-methyl/N-ethyl adjacent to an activating group) is 1. The molecule has 0 saturated carbocycles. The Labute approximate surface area is 100 Å². The second-order valence-electron chi connectivity index (χ2n) is 4.06. The molecule has 2 unspecified atom stereocenters. The van der Waals surface area contributed by atoms with E-state index in [0.29, 0.717) is 6.42 Å². The Morgan fingerprint density at radius 1 is 1.75 bits per heavy atom. The van der Waals surface area contributed by atoms with Crippen LogP contribution in [0.15, 0.2) is 0 Å². The standard InChI is InChI=1S/C10H20N2O3S/c1-12-3-4-15-8(6-12)7-16-5-2-9(11)10(13)14/h8-9H,2-7,11H2,1H3,(H,13,14). The molecular weight excluding hydrogens is 228 g/mol. The van der Waals surface area contributed by atoms with Crippen LogP contribution in [0.2, 0.25) is 0 Å². The number of nitrogens with zero attached hydrogens (tertiary/aromatic N) is 1. The molecule has 3 N–H and O–H groups in total. The number of carboxylic acid groups (broad SMARTS) is 1. The van der Waals surface area contributed by atoms with E-state index in [0.717, 1.165) is 31.2 Å². The SMILES string of the molecule is CN1CCOC(CSCCC(N)C(=O)O)C1. The maximum absolute atomic E-state index is 10.5. The zero-order valence-corrected chi connectivity index (χ0v) is 10.4. The van der Waals surface area contributed by atoms with Gasteiger partial charge in [0, 0.05) is 18.8 Å². The van der Waals surface area contributed by atoms with E-state index < -0.39 is 12.0 Å². The van der Waals surface area contributed by atoms with Crippen LogP contribution >= 0.6 is 11.8 Å². The summed E-state index contributed by atoms with van der Waals surface area (Å²) in [7, 11) is 2.08. The summed E-state index contributed by atoms with van der Waals surface area (Å²) in [4.78, 5) is 12.7. The summed E-state index contributed by atoms with van der Waals surface area (Å²) in [6.45, 7) is 2.74. The first-order valence-electron chi connectivity index (χ1n) is 5.46. The van der Waals surface area contributed by atoms with Gasteiger partial charge in [0.25, 0.3) is 0 Å². The fourth-order valence-electron chi connectivity index (χ4n) is 1.52. The molecule has 0 spiro atoms. The van der Waals surface area contributed by atoms with Crippen molar-refractivity contribution in [2.45, 2.75) is 18.6 Å². The lowest BCUT2D eigenvalue weighted by molar-refractivity contribution is -0.138. The Balaban J connectivity index is 2.04. The minimum Gasteiger partial charge on any atom is -0.480 e. The van der Waals surface area contributed by atoms with Crippen LogP contribution in [0.1, 0.15) is 6.42 Å². The molecule has 1 saturated heterocycles. The monoisotopic (exact) mass is 248 g/mol. The first-order chi connectivity index (χ1) is 7.59. The number of carboxylic acids is 1. The number of aliphatic carboxylic acids is 1. The number of rotatable bonds is 6. The highest BCUT2D eigenvalue weighted by molar-refractivity contribution is 7.99. The van der Waals surface area contributed by atoms with Crippen molar-refractivity contribution in [2.75, 3.05) is 38.2 Å². The van der Waals surface area contributed by atoms with Gasteiger partial charge in [-0.25, -0.2) is 0 Å². The van der Waals surface area contributed by atoms with E-state index in [1.165, 1.54) is 0 Å². The van der Waals surface area contributed by atoms with Crippen LogP contribution in [-0.4, -0.2) is 66.4 Å². The zero-order valence-electron chi connectivity index (χ0n) is 9.59. The van der Waals surface area contributed by atoms with Gasteiger partial charge in [-0.05, 0) is 19.2 Å². The van der Waals surface area contributed by atoms with Crippen LogP contribution in [0.3, 0.4) is 0 Å². The topological polar surface area (TPSA) is 75.8 Å². The van der Waals surface area contributed by atoms with E-state index in [1.54, 1.807) is 11.8 Å². The van der Waals surface area contributed by atoms with Gasteiger partial charge in [-0.1, -0.05) is 0 Å². The molecule has 0 bridgehead atoms. The summed E-state index contributed by atoms with van der Waals surface area (Å²) in [6, 6.07) is -0.734. The molecule has 1 heterocycles. The average Bonchev–Trinajstić information content (AvgIpc) is 2.24. The van der Waals surface area contributed by atoms with Gasteiger partial charge in [0.2, 0.25) is 0 Å². The second kappa shape index (κ2) is 7.11. The van der Waals surface area contributed by atoms with Crippen LogP contribution in [0, 0.1) is 0 Å². The van der Waals surface area contributed by atoms with Crippen molar-refractivity contribution in [2.24, 2.45) is 5.73 Å². The number of morpholine rings is 1. The lowest BCUT2D eigenvalue weighted by Crippen LogP contribution is -2.41. The van der Waals surface area contributed by atoms with Crippen molar-refractivity contribution >= 4 is 17.7 Å². The third-order valence-electron chi connectivity index (χ3n) is 2.54. The number of hydrogen-bond donors (Lipinski definition) is 2. The Morgan fingerprint density at radius 3 is 3.12 bits per heavy atom. The highest BCUT2D eigenvalue weighted by Crippen LogP contribution is 2.12. The highest BCUT2D eigenvalue weighted by Gasteiger charge is 2.17. The van der Waals surface area contributed by atoms with Crippen LogP contribution in [0.25, 0.3) is 0 Å². The first kappa shape index (κ1) is 13.8. The van der Waals surface area contributed by atoms with E-state index >= 15 is 0 Å². The largest absolute Gasteiger partial charge is 0.480 e. The number of nitrogens with two attached hydrogens (primary N) is 1. The van der Waals surface area contributed by atoms with Gasteiger partial charge < -0.3 is 20.5 Å². The smallest absolute Gasteiger partial charge is 0.320 e. The summed E-state index contributed by atoms with van der Waals surface area (Å²) in [5, 5.41) is 8.60. The first-order valence-corrected chi connectivity index (χ1v) is 6.61. The Morgan fingerprint density at radius 2 is 2.50 bits per heavy atom. The van der Waals surface area contributed by atoms with Gasteiger partial charge in [-0.15, -0.1) is 0 Å². The van der Waals surface area contributed by atoms with Crippen molar-refractivity contribution in [3.05, 3.63) is 0 Å². The summed E-state index contributed by atoms with van der Waals surface area (Å²) < 4.78 is 5.59. The van der Waals surface area contributed by atoms with E-state index in [1.807, 2.05) is 0 Å². The molecular formula is C10H20N2O3S. The molecule has 0 radical (unpaired) electrons. The summed E-state index contributed by atoms with van der Waals surface area (Å²) in [5.74, 6) is 0.766. The minimum atomic E-state index is -0.922. The molecule has 0 aromatic heterocycles. The number of thioether (sulfide) groups is 1. The van der Waals surface area contributed by atoms with Crippen molar-refractivity contribution in [3.63, 3.8) is 0 Å². The number of carbonyl (C=O) groups is 1. The maximum atomic E-state index is 10.5. The van der Waals surface area contributed by atoms with Crippen LogP contribution in [0.5, 0.6) is 0 Å². The van der Waals surface area contributed by atoms with Gasteiger partial charge in [-0.3, -0.25) is 4.79 Å². The summed E-state index contributed by atoms with van der Waals surface area (Å²) in [6.07, 6.45) is 0.785. The summed E-state index contributed by atoms with van der Waals surface area (Å²) in [5.41, 5.74) is 5.41. The molecule has 0 aliphatic carbocycles. The van der Waals surface area contributed by atoms with Crippen LogP contribution in [-0.2, 0) is 9.53 Å². The normalized spacial score (nSPS) is 24.2. The Bertz CT molecular complexity index is 228. The third-order valence-corrected chi connectivity index (χ3v) is 3.67. The predicted octanol–water partition coefficient (Wildman–Crippen LogP) is -0.148. The Kier molecular flexibility index (Phi) is 6.12. The predicted molar refractivity (Wildman–Crippen MR) is 64.8 cm³/mol. The molecule has 0 amide bonds. The molecule has 94 valence electrons. The molecule has 1 aliphatic heterocycles. The fraction of sp³-hybridized carbons (Fsp3) is 0.900. The molecule has 5 nitrogen and oxygen atoms in total. The summed E-state index contributed by atoms with van der Waals surface area (Å²) >= 11 is 1.71. The van der Waals surface area contributed by atoms with Gasteiger partial charge >= 0.3 is 5.97 Å². The average molecular weight is 248 g/mol. The zero-order chi connectivity index (χ0) is 12.0.